The Labute approximate surface area is 79.8 Å². The highest BCUT2D eigenvalue weighted by Crippen LogP contribution is 2.02. The summed E-state index contributed by atoms with van der Waals surface area (Å²) in [5.74, 6) is 0. The van der Waals surface area contributed by atoms with Gasteiger partial charge in [0.1, 0.15) is 0 Å². The number of rotatable bonds is 0. The van der Waals surface area contributed by atoms with Gasteiger partial charge in [-0.25, -0.2) is 0 Å². The van der Waals surface area contributed by atoms with E-state index in [1.807, 2.05) is 0 Å². The summed E-state index contributed by atoms with van der Waals surface area (Å²) in [6.45, 7) is 4.24. The van der Waals surface area contributed by atoms with Crippen molar-refractivity contribution in [2.24, 2.45) is 0 Å². The van der Waals surface area contributed by atoms with E-state index in [2.05, 4.69) is 38.1 Å². The van der Waals surface area contributed by atoms with Gasteiger partial charge in [0.25, 0.3) is 8.14 Å². The van der Waals surface area contributed by atoms with Gasteiger partial charge in [-0.15, -0.1) is 22.2 Å². The molecule has 0 aliphatic carbocycles. The minimum absolute atomic E-state index is 0.0278. The fourth-order valence-corrected chi connectivity index (χ4v) is 0.663. The first-order chi connectivity index (χ1) is 5.22. The molecular formula is C8H10Cl2Si. The molecule has 0 N–H and O–H groups in total. The van der Waals surface area contributed by atoms with Crippen LogP contribution in [-0.2, 0) is 0 Å². The highest BCUT2D eigenvalue weighted by molar-refractivity contribution is 7.22. The monoisotopic (exact) mass is 204 g/mol. The third-order valence-electron chi connectivity index (χ3n) is 1.43. The largest absolute Gasteiger partial charge is 0.295 e. The fourth-order valence-electron chi connectivity index (χ4n) is 0.663. The molecule has 0 aromatic heterocycles. The van der Waals surface area contributed by atoms with E-state index in [1.165, 1.54) is 11.1 Å². The zero-order valence-electron chi connectivity index (χ0n) is 6.57. The van der Waals surface area contributed by atoms with Crippen molar-refractivity contribution in [3.8, 4) is 0 Å². The number of aryl methyl sites for hydroxylation is 2. The summed E-state index contributed by atoms with van der Waals surface area (Å²) < 4.78 is 0. The average molecular weight is 205 g/mol. The van der Waals surface area contributed by atoms with E-state index in [4.69, 9.17) is 22.2 Å². The minimum Gasteiger partial charge on any atom is -0.148 e. The smallest absolute Gasteiger partial charge is 0.148 e. The van der Waals surface area contributed by atoms with Gasteiger partial charge >= 0.3 is 0 Å². The molecule has 3 heteroatoms. The van der Waals surface area contributed by atoms with Crippen molar-refractivity contribution in [2.75, 3.05) is 0 Å². The van der Waals surface area contributed by atoms with Crippen LogP contribution in [0.4, 0.5) is 0 Å². The van der Waals surface area contributed by atoms with Gasteiger partial charge < -0.3 is 0 Å². The average Bonchev–Trinajstić information content (AvgIpc) is 1.97. The molecule has 0 aliphatic rings. The molecule has 1 aromatic carbocycles. The molecule has 0 saturated carbocycles. The van der Waals surface area contributed by atoms with Crippen molar-refractivity contribution in [3.05, 3.63) is 35.4 Å². The Balaban J connectivity index is 0.000000292. The van der Waals surface area contributed by atoms with Crippen molar-refractivity contribution >= 4 is 30.3 Å². The molecule has 0 spiro atoms. The summed E-state index contributed by atoms with van der Waals surface area (Å²) in [4.78, 5) is 0. The number of hydrogen-bond acceptors (Lipinski definition) is 0. The van der Waals surface area contributed by atoms with E-state index >= 15 is 0 Å². The lowest BCUT2D eigenvalue weighted by atomic mass is 10.1. The van der Waals surface area contributed by atoms with Crippen LogP contribution in [0.1, 0.15) is 11.1 Å². The maximum atomic E-state index is 4.79. The zero-order valence-corrected chi connectivity index (χ0v) is 9.08. The molecule has 1 rings (SSSR count). The van der Waals surface area contributed by atoms with Gasteiger partial charge in [0, 0.05) is 0 Å². The van der Waals surface area contributed by atoms with E-state index < -0.39 is 0 Å². The highest BCUT2D eigenvalue weighted by Gasteiger charge is 1.83. The van der Waals surface area contributed by atoms with Crippen LogP contribution in [0.3, 0.4) is 0 Å². The molecule has 0 bridgehead atoms. The van der Waals surface area contributed by atoms with Crippen LogP contribution in [0.15, 0.2) is 24.3 Å². The summed E-state index contributed by atoms with van der Waals surface area (Å²) in [5.41, 5.74) is 2.74. The van der Waals surface area contributed by atoms with Crippen LogP contribution in [0.25, 0.3) is 0 Å². The number of halogens is 2. The Morgan fingerprint density at radius 1 is 1.00 bits per heavy atom. The molecule has 0 atom stereocenters. The van der Waals surface area contributed by atoms with Crippen LogP contribution >= 0.6 is 22.2 Å². The third kappa shape index (κ3) is 5.30. The predicted octanol–water partition coefficient (Wildman–Crippen LogP) is 3.30. The van der Waals surface area contributed by atoms with Gasteiger partial charge in [-0.1, -0.05) is 24.3 Å². The Morgan fingerprint density at radius 3 is 1.45 bits per heavy atom. The van der Waals surface area contributed by atoms with Crippen LogP contribution < -0.4 is 0 Å². The molecule has 0 unspecified atom stereocenters. The summed E-state index contributed by atoms with van der Waals surface area (Å²) in [6, 6.07) is 8.36. The maximum absolute atomic E-state index is 4.79. The van der Waals surface area contributed by atoms with Gasteiger partial charge in [0.15, 0.2) is 0 Å². The van der Waals surface area contributed by atoms with Crippen molar-refractivity contribution in [2.45, 2.75) is 13.8 Å². The minimum atomic E-state index is 0.0278. The van der Waals surface area contributed by atoms with Gasteiger partial charge in [-0.05, 0) is 25.0 Å². The molecule has 0 fully saturated rings. The quantitative estimate of drug-likeness (QED) is 0.450. The van der Waals surface area contributed by atoms with E-state index in [-0.39, 0.29) is 8.14 Å². The number of benzene rings is 1. The fraction of sp³-hybridized carbons (Fsp3) is 0.250. The number of hydrogen-bond donors (Lipinski definition) is 0. The first-order valence-corrected chi connectivity index (χ1v) is 6.23. The molecule has 0 heterocycles. The molecule has 0 aliphatic heterocycles. The molecule has 11 heavy (non-hydrogen) atoms. The van der Waals surface area contributed by atoms with E-state index in [1.54, 1.807) is 0 Å². The molecule has 0 nitrogen and oxygen atoms in total. The second kappa shape index (κ2) is 6.71. The van der Waals surface area contributed by atoms with Gasteiger partial charge in [-0.2, -0.15) is 0 Å². The molecular weight excluding hydrogens is 195 g/mol. The lowest BCUT2D eigenvalue weighted by molar-refractivity contribution is 1.34. The zero-order chi connectivity index (χ0) is 8.69. The van der Waals surface area contributed by atoms with Gasteiger partial charge in [0.05, 0.1) is 0 Å². The predicted molar refractivity (Wildman–Crippen MR) is 53.4 cm³/mol. The lowest BCUT2D eigenvalue weighted by Crippen LogP contribution is -1.74. The summed E-state index contributed by atoms with van der Waals surface area (Å²) >= 11 is 9.58. The van der Waals surface area contributed by atoms with Crippen molar-refractivity contribution in [1.29, 1.82) is 0 Å². The third-order valence-corrected chi connectivity index (χ3v) is 1.43. The molecule has 2 radical (unpaired) electrons. The van der Waals surface area contributed by atoms with Crippen LogP contribution in [0.2, 0.25) is 0 Å². The van der Waals surface area contributed by atoms with Crippen LogP contribution in [0.5, 0.6) is 0 Å². The normalized spacial score (nSPS) is 8.36. The van der Waals surface area contributed by atoms with Crippen LogP contribution in [0, 0.1) is 13.8 Å². The van der Waals surface area contributed by atoms with Crippen molar-refractivity contribution in [1.82, 2.24) is 0 Å². The first-order valence-electron chi connectivity index (χ1n) is 3.21. The van der Waals surface area contributed by atoms with Crippen molar-refractivity contribution in [3.63, 3.8) is 0 Å². The maximum Gasteiger partial charge on any atom is 0.295 e. The summed E-state index contributed by atoms with van der Waals surface area (Å²) in [7, 11) is 0.0278. The Morgan fingerprint density at radius 2 is 1.27 bits per heavy atom. The Bertz CT molecular complexity index is 180. The standard InChI is InChI=1S/C8H10.Cl2Si/c1-7-5-3-4-6-8(7)2;1-3-2/h3-6H,1-2H3;. The topological polar surface area (TPSA) is 0 Å². The van der Waals surface area contributed by atoms with Crippen molar-refractivity contribution < 1.29 is 0 Å². The Kier molecular flexibility index (Phi) is 6.72. The highest BCUT2D eigenvalue weighted by atomic mass is 35.7. The van der Waals surface area contributed by atoms with E-state index in [0.717, 1.165) is 0 Å². The first kappa shape index (κ1) is 11.0. The molecule has 60 valence electrons. The molecule has 0 amide bonds. The molecule has 0 saturated heterocycles. The summed E-state index contributed by atoms with van der Waals surface area (Å²) in [6.07, 6.45) is 0. The summed E-state index contributed by atoms with van der Waals surface area (Å²) in [5, 5.41) is 0. The van der Waals surface area contributed by atoms with E-state index in [0.29, 0.717) is 0 Å². The SMILES string of the molecule is Cc1ccccc1C.Cl[Si]Cl. The second-order valence-electron chi connectivity index (χ2n) is 2.16. The van der Waals surface area contributed by atoms with Gasteiger partial charge in [0.2, 0.25) is 0 Å². The second-order valence-corrected chi connectivity index (χ2v) is 4.01. The van der Waals surface area contributed by atoms with Gasteiger partial charge in [-0.3, -0.25) is 0 Å². The lowest BCUT2D eigenvalue weighted by Gasteiger charge is -1.93. The molecule has 1 aromatic rings. The van der Waals surface area contributed by atoms with E-state index in [9.17, 15) is 0 Å². The van der Waals surface area contributed by atoms with Crippen LogP contribution in [-0.4, -0.2) is 8.14 Å². The Hall–Kier alpha value is 0.0169.